The van der Waals surface area contributed by atoms with Crippen LogP contribution >= 0.6 is 24.8 Å². The minimum absolute atomic E-state index is 0. The molecule has 1 amide bonds. The van der Waals surface area contributed by atoms with Crippen LogP contribution in [0.15, 0.2) is 18.2 Å². The molecule has 1 unspecified atom stereocenters. The molecule has 24 heavy (non-hydrogen) atoms. The van der Waals surface area contributed by atoms with Crippen molar-refractivity contribution in [3.8, 4) is 0 Å². The zero-order chi connectivity index (χ0) is 16.1. The largest absolute Gasteiger partial charge is 0.399 e. The number of ether oxygens (including phenoxy) is 1. The summed E-state index contributed by atoms with van der Waals surface area (Å²) in [6.45, 7) is 8.21. The van der Waals surface area contributed by atoms with Crippen LogP contribution in [0.1, 0.15) is 29.3 Å². The maximum Gasteiger partial charge on any atom is 0.254 e. The number of carbonyl (C=O) groups excluding carboxylic acids is 1. The number of carbonyl (C=O) groups is 1. The van der Waals surface area contributed by atoms with Crippen LogP contribution in [0.5, 0.6) is 0 Å². The van der Waals surface area contributed by atoms with E-state index in [2.05, 4.69) is 11.8 Å². The summed E-state index contributed by atoms with van der Waals surface area (Å²) in [4.78, 5) is 17.2. The molecule has 1 aliphatic rings. The number of amides is 1. The SMILES string of the molecule is CCC1CN(C(=O)c2cc(N)ccc2C)CCN1CCOC.Cl.Cl. The Balaban J connectivity index is 0.00000264. The van der Waals surface area contributed by atoms with E-state index in [1.807, 2.05) is 24.0 Å². The molecule has 0 radical (unpaired) electrons. The van der Waals surface area contributed by atoms with Crippen molar-refractivity contribution in [1.82, 2.24) is 9.80 Å². The minimum Gasteiger partial charge on any atom is -0.399 e. The van der Waals surface area contributed by atoms with Gasteiger partial charge in [-0.15, -0.1) is 24.8 Å². The summed E-state index contributed by atoms with van der Waals surface area (Å²) in [5.41, 5.74) is 8.17. The van der Waals surface area contributed by atoms with Gasteiger partial charge in [-0.25, -0.2) is 0 Å². The number of rotatable bonds is 5. The van der Waals surface area contributed by atoms with Crippen LogP contribution in [0, 0.1) is 6.92 Å². The standard InChI is InChI=1S/C17H27N3O2.2ClH/c1-4-15-12-20(8-7-19(15)9-10-22-3)17(21)16-11-14(18)6-5-13(16)2;;/h5-6,11,15H,4,7-10,12,18H2,1-3H3;2*1H. The Kier molecular flexibility index (Phi) is 10.3. The molecule has 1 heterocycles. The summed E-state index contributed by atoms with van der Waals surface area (Å²) in [7, 11) is 1.73. The number of nitrogens with zero attached hydrogens (tertiary/aromatic N) is 2. The number of hydrogen-bond acceptors (Lipinski definition) is 4. The van der Waals surface area contributed by atoms with E-state index in [1.54, 1.807) is 13.2 Å². The van der Waals surface area contributed by atoms with Crippen molar-refractivity contribution in [1.29, 1.82) is 0 Å². The molecule has 1 fully saturated rings. The number of aryl methyl sites for hydroxylation is 1. The zero-order valence-electron chi connectivity index (χ0n) is 14.7. The second kappa shape index (κ2) is 10.8. The summed E-state index contributed by atoms with van der Waals surface area (Å²) in [6, 6.07) is 5.93. The van der Waals surface area contributed by atoms with Gasteiger partial charge in [0.25, 0.3) is 5.91 Å². The monoisotopic (exact) mass is 377 g/mol. The maximum atomic E-state index is 12.8. The lowest BCUT2D eigenvalue weighted by Gasteiger charge is -2.41. The van der Waals surface area contributed by atoms with Crippen LogP contribution < -0.4 is 5.73 Å². The second-order valence-corrected chi connectivity index (χ2v) is 5.92. The average molecular weight is 378 g/mol. The number of methoxy groups -OCH3 is 1. The van der Waals surface area contributed by atoms with Crippen molar-refractivity contribution < 1.29 is 9.53 Å². The smallest absolute Gasteiger partial charge is 0.254 e. The fourth-order valence-electron chi connectivity index (χ4n) is 3.01. The first-order valence-electron chi connectivity index (χ1n) is 7.95. The Labute approximate surface area is 157 Å². The first-order valence-corrected chi connectivity index (χ1v) is 7.95. The molecular weight excluding hydrogens is 349 g/mol. The molecule has 1 saturated heterocycles. The number of benzene rings is 1. The first-order chi connectivity index (χ1) is 10.6. The Bertz CT molecular complexity index is 529. The van der Waals surface area contributed by atoms with E-state index in [-0.39, 0.29) is 30.7 Å². The fourth-order valence-corrected chi connectivity index (χ4v) is 3.01. The van der Waals surface area contributed by atoms with E-state index < -0.39 is 0 Å². The number of hydrogen-bond donors (Lipinski definition) is 1. The Morgan fingerprint density at radius 3 is 2.67 bits per heavy atom. The quantitative estimate of drug-likeness (QED) is 0.801. The lowest BCUT2D eigenvalue weighted by atomic mass is 10.0. The van der Waals surface area contributed by atoms with Crippen LogP contribution in [0.2, 0.25) is 0 Å². The molecule has 0 saturated carbocycles. The van der Waals surface area contributed by atoms with Gasteiger partial charge in [0.15, 0.2) is 0 Å². The molecule has 1 aromatic rings. The highest BCUT2D eigenvalue weighted by atomic mass is 35.5. The third-order valence-electron chi connectivity index (χ3n) is 4.44. The highest BCUT2D eigenvalue weighted by Crippen LogP contribution is 2.19. The first kappa shape index (κ1) is 23.0. The van der Waals surface area contributed by atoms with Gasteiger partial charge in [0.2, 0.25) is 0 Å². The lowest BCUT2D eigenvalue weighted by Crippen LogP contribution is -2.55. The van der Waals surface area contributed by atoms with Gasteiger partial charge >= 0.3 is 0 Å². The number of nitrogens with two attached hydrogens (primary N) is 1. The van der Waals surface area contributed by atoms with Crippen molar-refractivity contribution in [2.24, 2.45) is 0 Å². The number of halogens is 2. The van der Waals surface area contributed by atoms with E-state index in [0.717, 1.165) is 50.3 Å². The Morgan fingerprint density at radius 2 is 2.04 bits per heavy atom. The zero-order valence-corrected chi connectivity index (χ0v) is 16.3. The second-order valence-electron chi connectivity index (χ2n) is 5.92. The molecule has 2 N–H and O–H groups in total. The third kappa shape index (κ3) is 5.52. The predicted octanol–water partition coefficient (Wildman–Crippen LogP) is 2.60. The van der Waals surface area contributed by atoms with Crippen LogP contribution in [-0.4, -0.2) is 61.6 Å². The molecule has 1 aliphatic heterocycles. The molecular formula is C17H29Cl2N3O2. The minimum atomic E-state index is 0. The van der Waals surface area contributed by atoms with Gasteiger partial charge in [-0.2, -0.15) is 0 Å². The van der Waals surface area contributed by atoms with E-state index in [4.69, 9.17) is 10.5 Å². The van der Waals surface area contributed by atoms with E-state index in [0.29, 0.717) is 11.7 Å². The molecule has 7 heteroatoms. The molecule has 2 rings (SSSR count). The molecule has 0 aliphatic carbocycles. The van der Waals surface area contributed by atoms with Crippen molar-refractivity contribution >= 4 is 36.4 Å². The summed E-state index contributed by atoms with van der Waals surface area (Å²) >= 11 is 0. The van der Waals surface area contributed by atoms with Gasteiger partial charge in [-0.3, -0.25) is 9.69 Å². The lowest BCUT2D eigenvalue weighted by molar-refractivity contribution is 0.0384. The summed E-state index contributed by atoms with van der Waals surface area (Å²) in [6.07, 6.45) is 1.03. The van der Waals surface area contributed by atoms with Gasteiger partial charge in [0.1, 0.15) is 0 Å². The summed E-state index contributed by atoms with van der Waals surface area (Å²) in [5.74, 6) is 0.0923. The van der Waals surface area contributed by atoms with Gasteiger partial charge in [0.05, 0.1) is 6.61 Å². The molecule has 0 spiro atoms. The summed E-state index contributed by atoms with van der Waals surface area (Å²) < 4.78 is 5.17. The van der Waals surface area contributed by atoms with Crippen molar-refractivity contribution in [2.45, 2.75) is 26.3 Å². The van der Waals surface area contributed by atoms with E-state index in [1.165, 1.54) is 0 Å². The fraction of sp³-hybridized carbons (Fsp3) is 0.588. The molecule has 138 valence electrons. The number of anilines is 1. The van der Waals surface area contributed by atoms with Crippen LogP contribution in [-0.2, 0) is 4.74 Å². The molecule has 5 nitrogen and oxygen atoms in total. The van der Waals surface area contributed by atoms with Crippen molar-refractivity contribution in [2.75, 3.05) is 45.6 Å². The normalized spacial score (nSPS) is 17.8. The van der Waals surface area contributed by atoms with Gasteiger partial charge in [-0.05, 0) is 31.0 Å². The van der Waals surface area contributed by atoms with Crippen molar-refractivity contribution in [3.63, 3.8) is 0 Å². The van der Waals surface area contributed by atoms with Crippen molar-refractivity contribution in [3.05, 3.63) is 29.3 Å². The molecule has 1 aromatic carbocycles. The maximum absolute atomic E-state index is 12.8. The molecule has 1 atom stereocenters. The number of piperazine rings is 1. The van der Waals surface area contributed by atoms with Crippen LogP contribution in [0.3, 0.4) is 0 Å². The highest BCUT2D eigenvalue weighted by Gasteiger charge is 2.29. The topological polar surface area (TPSA) is 58.8 Å². The molecule has 0 aromatic heterocycles. The average Bonchev–Trinajstić information content (AvgIpc) is 2.54. The Morgan fingerprint density at radius 1 is 1.33 bits per heavy atom. The highest BCUT2D eigenvalue weighted by molar-refractivity contribution is 5.96. The van der Waals surface area contributed by atoms with Crippen LogP contribution in [0.25, 0.3) is 0 Å². The van der Waals surface area contributed by atoms with Gasteiger partial charge in [0, 0.05) is 50.6 Å². The van der Waals surface area contributed by atoms with Gasteiger partial charge < -0.3 is 15.4 Å². The Hall–Kier alpha value is -1.01. The van der Waals surface area contributed by atoms with E-state index >= 15 is 0 Å². The number of nitrogen functional groups attached to an aromatic ring is 1. The van der Waals surface area contributed by atoms with Crippen LogP contribution in [0.4, 0.5) is 5.69 Å². The van der Waals surface area contributed by atoms with E-state index in [9.17, 15) is 4.79 Å². The predicted molar refractivity (Wildman–Crippen MR) is 104 cm³/mol. The summed E-state index contributed by atoms with van der Waals surface area (Å²) in [5, 5.41) is 0. The third-order valence-corrected chi connectivity index (χ3v) is 4.44. The van der Waals surface area contributed by atoms with Gasteiger partial charge in [-0.1, -0.05) is 13.0 Å². The molecule has 0 bridgehead atoms.